The second-order valence-corrected chi connectivity index (χ2v) is 4.85. The van der Waals surface area contributed by atoms with Crippen molar-refractivity contribution in [3.8, 4) is 0 Å². The first-order valence-electron chi connectivity index (χ1n) is 7.03. The first kappa shape index (κ1) is 15.0. The first-order chi connectivity index (χ1) is 10.1. The Labute approximate surface area is 124 Å². The second-order valence-electron chi connectivity index (χ2n) is 4.85. The smallest absolute Gasteiger partial charge is 0.254 e. The van der Waals surface area contributed by atoms with Gasteiger partial charge in [-0.15, -0.1) is 0 Å². The average Bonchev–Trinajstić information content (AvgIpc) is 2.92. The number of anilines is 1. The number of rotatable bonds is 6. The second kappa shape index (κ2) is 6.88. The molecule has 0 saturated heterocycles. The first-order valence-corrected chi connectivity index (χ1v) is 7.03. The molecule has 112 valence electrons. The number of hydrogen-bond donors (Lipinski definition) is 2. The topological polar surface area (TPSA) is 80.0 Å². The number of pyridine rings is 1. The third kappa shape index (κ3) is 3.81. The van der Waals surface area contributed by atoms with E-state index >= 15 is 0 Å². The van der Waals surface area contributed by atoms with Gasteiger partial charge in [-0.25, -0.2) is 4.98 Å². The van der Waals surface area contributed by atoms with Crippen LogP contribution in [0.5, 0.6) is 0 Å². The van der Waals surface area contributed by atoms with Crippen LogP contribution in [0.2, 0.25) is 0 Å². The molecule has 6 heteroatoms. The highest BCUT2D eigenvalue weighted by Gasteiger charge is 2.17. The predicted molar refractivity (Wildman–Crippen MR) is 80.1 cm³/mol. The Morgan fingerprint density at radius 2 is 2.24 bits per heavy atom. The maximum Gasteiger partial charge on any atom is 0.254 e. The average molecular weight is 288 g/mol. The van der Waals surface area contributed by atoms with E-state index in [2.05, 4.69) is 27.5 Å². The van der Waals surface area contributed by atoms with E-state index < -0.39 is 0 Å². The number of carbonyl (C=O) groups is 1. The van der Waals surface area contributed by atoms with Gasteiger partial charge in [0.25, 0.3) is 5.91 Å². The number of nitrogens with zero attached hydrogens (tertiary/aromatic N) is 2. The summed E-state index contributed by atoms with van der Waals surface area (Å²) < 4.78 is 5.42. The predicted octanol–water partition coefficient (Wildman–Crippen LogP) is 2.69. The van der Waals surface area contributed by atoms with Gasteiger partial charge < -0.3 is 15.1 Å². The molecule has 21 heavy (non-hydrogen) atoms. The largest absolute Gasteiger partial charge is 0.444 e. The molecule has 2 aromatic rings. The summed E-state index contributed by atoms with van der Waals surface area (Å²) in [6.07, 6.45) is 5.87. The van der Waals surface area contributed by atoms with Crippen molar-refractivity contribution in [3.63, 3.8) is 0 Å². The Morgan fingerprint density at radius 1 is 1.43 bits per heavy atom. The number of amides is 1. The lowest BCUT2D eigenvalue weighted by Gasteiger charge is -2.13. The van der Waals surface area contributed by atoms with E-state index in [0.29, 0.717) is 11.5 Å². The summed E-state index contributed by atoms with van der Waals surface area (Å²) in [4.78, 5) is 20.5. The third-order valence-electron chi connectivity index (χ3n) is 2.99. The maximum absolute atomic E-state index is 12.4. The molecule has 0 fully saturated rings. The van der Waals surface area contributed by atoms with Gasteiger partial charge in [-0.1, -0.05) is 6.92 Å². The summed E-state index contributed by atoms with van der Waals surface area (Å²) in [7, 11) is 0. The normalized spacial score (nSPS) is 12.0. The van der Waals surface area contributed by atoms with Crippen LogP contribution in [0, 0.1) is 6.92 Å². The fraction of sp³-hybridized carbons (Fsp3) is 0.400. The van der Waals surface area contributed by atoms with Gasteiger partial charge in [0.15, 0.2) is 0 Å². The van der Waals surface area contributed by atoms with Gasteiger partial charge in [0.05, 0.1) is 23.6 Å². The van der Waals surface area contributed by atoms with Crippen LogP contribution in [-0.2, 0) is 0 Å². The zero-order valence-corrected chi connectivity index (χ0v) is 12.5. The van der Waals surface area contributed by atoms with Crippen molar-refractivity contribution in [3.05, 3.63) is 41.9 Å². The summed E-state index contributed by atoms with van der Waals surface area (Å²) in [5.74, 6) is 1.04. The monoisotopic (exact) mass is 288 g/mol. The van der Waals surface area contributed by atoms with E-state index in [-0.39, 0.29) is 11.9 Å². The summed E-state index contributed by atoms with van der Waals surface area (Å²) in [6, 6.07) is 1.40. The Hall–Kier alpha value is -2.37. The Morgan fingerprint density at radius 3 is 2.90 bits per heavy atom. The molecule has 0 aliphatic heterocycles. The minimum absolute atomic E-state index is 0.181. The van der Waals surface area contributed by atoms with Crippen molar-refractivity contribution in [2.24, 2.45) is 0 Å². The molecule has 2 rings (SSSR count). The molecule has 0 aromatic carbocycles. The van der Waals surface area contributed by atoms with Crippen molar-refractivity contribution in [2.45, 2.75) is 33.2 Å². The van der Waals surface area contributed by atoms with Crippen LogP contribution < -0.4 is 10.6 Å². The number of aromatic nitrogens is 2. The quantitative estimate of drug-likeness (QED) is 0.854. The zero-order chi connectivity index (χ0) is 15.2. The van der Waals surface area contributed by atoms with E-state index in [1.54, 1.807) is 24.7 Å². The van der Waals surface area contributed by atoms with Gasteiger partial charge in [0.2, 0.25) is 5.89 Å². The van der Waals surface area contributed by atoms with Crippen LogP contribution in [-0.4, -0.2) is 22.4 Å². The molecule has 1 unspecified atom stereocenters. The van der Waals surface area contributed by atoms with Crippen LogP contribution in [0.25, 0.3) is 0 Å². The molecule has 0 saturated carbocycles. The van der Waals surface area contributed by atoms with Crippen molar-refractivity contribution in [1.82, 2.24) is 15.3 Å². The highest BCUT2D eigenvalue weighted by atomic mass is 16.4. The molecular formula is C15H20N4O2. The lowest BCUT2D eigenvalue weighted by atomic mass is 10.2. The highest BCUT2D eigenvalue weighted by Crippen LogP contribution is 2.17. The number of nitrogens with one attached hydrogen (secondary N) is 2. The standard InChI is InChI=1S/C15H20N4O2/c1-4-6-17-13-9-16-7-5-12(13)14(20)19-11(3)15-18-8-10(2)21-15/h5,7-9,11,17H,4,6H2,1-3H3,(H,19,20). The number of aryl methyl sites for hydroxylation is 1. The highest BCUT2D eigenvalue weighted by molar-refractivity contribution is 5.99. The molecular weight excluding hydrogens is 268 g/mol. The van der Waals surface area contributed by atoms with Gasteiger partial charge in [-0.3, -0.25) is 9.78 Å². The van der Waals surface area contributed by atoms with Gasteiger partial charge in [-0.05, 0) is 26.3 Å². The fourth-order valence-corrected chi connectivity index (χ4v) is 1.90. The van der Waals surface area contributed by atoms with E-state index in [1.807, 2.05) is 13.8 Å². The van der Waals surface area contributed by atoms with Gasteiger partial charge in [0.1, 0.15) is 11.8 Å². The lowest BCUT2D eigenvalue weighted by molar-refractivity contribution is 0.0934. The molecule has 0 bridgehead atoms. The SMILES string of the molecule is CCCNc1cnccc1C(=O)NC(C)c1ncc(C)o1. The number of oxazole rings is 1. The molecule has 0 aliphatic rings. The van der Waals surface area contributed by atoms with Crippen molar-refractivity contribution in [1.29, 1.82) is 0 Å². The van der Waals surface area contributed by atoms with Crippen molar-refractivity contribution >= 4 is 11.6 Å². The van der Waals surface area contributed by atoms with Crippen LogP contribution >= 0.6 is 0 Å². The summed E-state index contributed by atoms with van der Waals surface area (Å²) in [5, 5.41) is 6.08. The van der Waals surface area contributed by atoms with E-state index in [1.165, 1.54) is 0 Å². The van der Waals surface area contributed by atoms with E-state index in [9.17, 15) is 4.79 Å². The van der Waals surface area contributed by atoms with E-state index in [0.717, 1.165) is 24.4 Å². The lowest BCUT2D eigenvalue weighted by Crippen LogP contribution is -2.27. The fourth-order valence-electron chi connectivity index (χ4n) is 1.90. The third-order valence-corrected chi connectivity index (χ3v) is 2.99. The van der Waals surface area contributed by atoms with Crippen molar-refractivity contribution < 1.29 is 9.21 Å². The summed E-state index contributed by atoms with van der Waals surface area (Å²) >= 11 is 0. The molecule has 0 aliphatic carbocycles. The van der Waals surface area contributed by atoms with Crippen molar-refractivity contribution in [2.75, 3.05) is 11.9 Å². The summed E-state index contributed by atoms with van der Waals surface area (Å²) in [6.45, 7) is 6.51. The maximum atomic E-state index is 12.4. The molecule has 0 radical (unpaired) electrons. The minimum atomic E-state index is -0.293. The molecule has 1 atom stereocenters. The molecule has 2 aromatic heterocycles. The zero-order valence-electron chi connectivity index (χ0n) is 12.5. The van der Waals surface area contributed by atoms with Crippen LogP contribution in [0.15, 0.2) is 29.1 Å². The Balaban J connectivity index is 2.09. The molecule has 0 spiro atoms. The van der Waals surface area contributed by atoms with Crippen LogP contribution in [0.1, 0.15) is 48.3 Å². The van der Waals surface area contributed by atoms with Crippen LogP contribution in [0.4, 0.5) is 5.69 Å². The van der Waals surface area contributed by atoms with Gasteiger partial charge >= 0.3 is 0 Å². The molecule has 1 amide bonds. The Kier molecular flexibility index (Phi) is 4.92. The van der Waals surface area contributed by atoms with E-state index in [4.69, 9.17) is 4.42 Å². The van der Waals surface area contributed by atoms with Crippen LogP contribution in [0.3, 0.4) is 0 Å². The van der Waals surface area contributed by atoms with Gasteiger partial charge in [-0.2, -0.15) is 0 Å². The number of hydrogen-bond acceptors (Lipinski definition) is 5. The minimum Gasteiger partial charge on any atom is -0.444 e. The van der Waals surface area contributed by atoms with Gasteiger partial charge in [0, 0.05) is 12.7 Å². The molecule has 6 nitrogen and oxygen atoms in total. The Bertz CT molecular complexity index is 609. The molecule has 2 heterocycles. The summed E-state index contributed by atoms with van der Waals surface area (Å²) in [5.41, 5.74) is 1.29. The number of carbonyl (C=O) groups excluding carboxylic acids is 1. The molecule has 2 N–H and O–H groups in total.